The second-order valence-corrected chi connectivity index (χ2v) is 7.82. The van der Waals surface area contributed by atoms with Crippen LogP contribution >= 0.6 is 0 Å². The number of pyridine rings is 1. The topological polar surface area (TPSA) is 50.3 Å². The Morgan fingerprint density at radius 2 is 1.83 bits per heavy atom. The second-order valence-electron chi connectivity index (χ2n) is 5.78. The van der Waals surface area contributed by atoms with E-state index >= 15 is 0 Å². The van der Waals surface area contributed by atoms with Gasteiger partial charge < -0.3 is 0 Å². The van der Waals surface area contributed by atoms with E-state index in [1.54, 1.807) is 25.4 Å². The van der Waals surface area contributed by atoms with Crippen LogP contribution in [0.5, 0.6) is 0 Å². The molecule has 0 amide bonds. The minimum atomic E-state index is -3.45. The van der Waals surface area contributed by atoms with Gasteiger partial charge in [0.05, 0.1) is 4.90 Å². The lowest BCUT2D eigenvalue weighted by Crippen LogP contribution is -2.29. The van der Waals surface area contributed by atoms with Crippen molar-refractivity contribution in [3.05, 3.63) is 59.9 Å². The molecule has 0 radical (unpaired) electrons. The van der Waals surface area contributed by atoms with Gasteiger partial charge in [-0.1, -0.05) is 32.0 Å². The maximum atomic E-state index is 12.6. The number of benzene rings is 1. The first-order valence-corrected chi connectivity index (χ1v) is 9.35. The van der Waals surface area contributed by atoms with Crippen LogP contribution in [0.4, 0.5) is 0 Å². The molecule has 23 heavy (non-hydrogen) atoms. The Balaban J connectivity index is 2.07. The Morgan fingerprint density at radius 1 is 1.13 bits per heavy atom. The van der Waals surface area contributed by atoms with Gasteiger partial charge in [-0.25, -0.2) is 12.7 Å². The van der Waals surface area contributed by atoms with Gasteiger partial charge in [-0.15, -0.1) is 0 Å². The Bertz CT molecular complexity index is 712. The SMILES string of the molecule is CCC(C)c1ccc(S(=O)(=O)N(C)CCc2ccccn2)cc1. The number of aromatic nitrogens is 1. The summed E-state index contributed by atoms with van der Waals surface area (Å²) in [5.41, 5.74) is 2.06. The quantitative estimate of drug-likeness (QED) is 0.780. The van der Waals surface area contributed by atoms with Gasteiger partial charge in [0.2, 0.25) is 10.0 Å². The first-order valence-electron chi connectivity index (χ1n) is 7.91. The molecule has 2 rings (SSSR count). The van der Waals surface area contributed by atoms with Crippen LogP contribution in [-0.4, -0.2) is 31.3 Å². The van der Waals surface area contributed by atoms with Crippen molar-refractivity contribution in [2.45, 2.75) is 37.5 Å². The molecule has 0 aliphatic rings. The zero-order valence-corrected chi connectivity index (χ0v) is 14.8. The maximum Gasteiger partial charge on any atom is 0.242 e. The molecule has 1 unspecified atom stereocenters. The fourth-order valence-electron chi connectivity index (χ4n) is 2.32. The standard InChI is InChI=1S/C18H24N2O2S/c1-4-15(2)16-8-10-18(11-9-16)23(21,22)20(3)14-12-17-7-5-6-13-19-17/h5-11,13,15H,4,12,14H2,1-3H3. The third kappa shape index (κ3) is 4.39. The summed E-state index contributed by atoms with van der Waals surface area (Å²) in [6, 6.07) is 12.9. The lowest BCUT2D eigenvalue weighted by Gasteiger charge is -2.17. The van der Waals surface area contributed by atoms with Gasteiger partial charge in [0.15, 0.2) is 0 Å². The summed E-state index contributed by atoms with van der Waals surface area (Å²) in [6.45, 7) is 4.68. The zero-order valence-electron chi connectivity index (χ0n) is 13.9. The van der Waals surface area contributed by atoms with Gasteiger partial charge in [0, 0.05) is 31.9 Å². The van der Waals surface area contributed by atoms with Crippen LogP contribution in [0.1, 0.15) is 37.4 Å². The number of nitrogens with zero attached hydrogens (tertiary/aromatic N) is 2. The molecule has 0 aliphatic carbocycles. The Labute approximate surface area is 139 Å². The fraction of sp³-hybridized carbons (Fsp3) is 0.389. The highest BCUT2D eigenvalue weighted by molar-refractivity contribution is 7.89. The average molecular weight is 332 g/mol. The summed E-state index contributed by atoms with van der Waals surface area (Å²) in [4.78, 5) is 4.57. The highest BCUT2D eigenvalue weighted by Crippen LogP contribution is 2.22. The fourth-order valence-corrected chi connectivity index (χ4v) is 3.49. The molecule has 0 aliphatic heterocycles. The van der Waals surface area contributed by atoms with Gasteiger partial charge in [-0.05, 0) is 42.2 Å². The minimum absolute atomic E-state index is 0.341. The second kappa shape index (κ2) is 7.70. The third-order valence-corrected chi connectivity index (χ3v) is 6.05. The number of rotatable bonds is 7. The summed E-state index contributed by atoms with van der Waals surface area (Å²) in [5, 5.41) is 0. The molecular formula is C18H24N2O2S. The number of sulfonamides is 1. The van der Waals surface area contributed by atoms with Gasteiger partial charge in [-0.2, -0.15) is 0 Å². The number of hydrogen-bond donors (Lipinski definition) is 0. The molecule has 0 fully saturated rings. The van der Waals surface area contributed by atoms with Crippen molar-refractivity contribution < 1.29 is 8.42 Å². The van der Waals surface area contributed by atoms with E-state index in [0.29, 0.717) is 23.8 Å². The van der Waals surface area contributed by atoms with Gasteiger partial charge in [0.25, 0.3) is 0 Å². The smallest absolute Gasteiger partial charge is 0.242 e. The molecular weight excluding hydrogens is 308 g/mol. The monoisotopic (exact) mass is 332 g/mol. The summed E-state index contributed by atoms with van der Waals surface area (Å²) < 4.78 is 26.6. The first kappa shape index (κ1) is 17.6. The van der Waals surface area contributed by atoms with Crippen molar-refractivity contribution in [2.75, 3.05) is 13.6 Å². The van der Waals surface area contributed by atoms with E-state index < -0.39 is 10.0 Å². The summed E-state index contributed by atoms with van der Waals surface area (Å²) in [5.74, 6) is 0.439. The largest absolute Gasteiger partial charge is 0.261 e. The Hall–Kier alpha value is -1.72. The predicted octanol–water partition coefficient (Wildman–Crippen LogP) is 3.46. The van der Waals surface area contributed by atoms with Crippen LogP contribution in [0.2, 0.25) is 0 Å². The van der Waals surface area contributed by atoms with Crippen LogP contribution in [0, 0.1) is 0 Å². The normalized spacial score (nSPS) is 13.2. The molecule has 0 spiro atoms. The van der Waals surface area contributed by atoms with Crippen molar-refractivity contribution in [2.24, 2.45) is 0 Å². The van der Waals surface area contributed by atoms with Crippen LogP contribution in [0.25, 0.3) is 0 Å². The molecule has 124 valence electrons. The lowest BCUT2D eigenvalue weighted by molar-refractivity contribution is 0.471. The van der Waals surface area contributed by atoms with Crippen LogP contribution in [0.3, 0.4) is 0 Å². The predicted molar refractivity (Wildman–Crippen MR) is 92.9 cm³/mol. The van der Waals surface area contributed by atoms with E-state index in [1.807, 2.05) is 30.3 Å². The molecule has 0 saturated carbocycles. The van der Waals surface area contributed by atoms with Crippen LogP contribution in [-0.2, 0) is 16.4 Å². The van der Waals surface area contributed by atoms with Gasteiger partial charge in [-0.3, -0.25) is 4.98 Å². The highest BCUT2D eigenvalue weighted by atomic mass is 32.2. The van der Waals surface area contributed by atoms with E-state index in [9.17, 15) is 8.42 Å². The maximum absolute atomic E-state index is 12.6. The zero-order chi connectivity index (χ0) is 16.9. The molecule has 0 bridgehead atoms. The Morgan fingerprint density at radius 3 is 2.39 bits per heavy atom. The molecule has 5 heteroatoms. The van der Waals surface area contributed by atoms with E-state index in [4.69, 9.17) is 0 Å². The molecule has 1 aromatic heterocycles. The van der Waals surface area contributed by atoms with Crippen molar-refractivity contribution >= 4 is 10.0 Å². The summed E-state index contributed by atoms with van der Waals surface area (Å²) >= 11 is 0. The molecule has 0 N–H and O–H groups in total. The number of likely N-dealkylation sites (N-methyl/N-ethyl adjacent to an activating group) is 1. The summed E-state index contributed by atoms with van der Waals surface area (Å²) in [6.07, 6.45) is 3.36. The Kier molecular flexibility index (Phi) is 5.91. The van der Waals surface area contributed by atoms with Crippen molar-refractivity contribution in [1.82, 2.24) is 9.29 Å². The van der Waals surface area contributed by atoms with Gasteiger partial charge >= 0.3 is 0 Å². The van der Waals surface area contributed by atoms with Crippen molar-refractivity contribution in [1.29, 1.82) is 0 Å². The molecule has 2 aromatic rings. The molecule has 1 atom stereocenters. The molecule has 0 saturated heterocycles. The average Bonchev–Trinajstić information content (AvgIpc) is 2.59. The van der Waals surface area contributed by atoms with E-state index in [1.165, 1.54) is 9.87 Å². The highest BCUT2D eigenvalue weighted by Gasteiger charge is 2.20. The molecule has 4 nitrogen and oxygen atoms in total. The van der Waals surface area contributed by atoms with Crippen molar-refractivity contribution in [3.63, 3.8) is 0 Å². The number of hydrogen-bond acceptors (Lipinski definition) is 3. The molecule has 1 heterocycles. The van der Waals surface area contributed by atoms with E-state index in [2.05, 4.69) is 18.8 Å². The van der Waals surface area contributed by atoms with Gasteiger partial charge in [0.1, 0.15) is 0 Å². The van der Waals surface area contributed by atoms with Crippen LogP contribution in [0.15, 0.2) is 53.6 Å². The van der Waals surface area contributed by atoms with Crippen LogP contribution < -0.4 is 0 Å². The van der Waals surface area contributed by atoms with Crippen molar-refractivity contribution in [3.8, 4) is 0 Å². The summed E-state index contributed by atoms with van der Waals surface area (Å²) in [7, 11) is -1.84. The van der Waals surface area contributed by atoms with E-state index in [0.717, 1.165) is 12.1 Å². The molecule has 1 aromatic carbocycles. The minimum Gasteiger partial charge on any atom is -0.261 e. The van der Waals surface area contributed by atoms with E-state index in [-0.39, 0.29) is 0 Å². The lowest BCUT2D eigenvalue weighted by atomic mass is 9.99. The first-order chi connectivity index (χ1) is 10.9. The third-order valence-electron chi connectivity index (χ3n) is 4.18.